The number of nitrogens with zero attached hydrogens (tertiary/aromatic N) is 1. The molecule has 2 nitrogen and oxygen atoms in total. The van der Waals surface area contributed by atoms with Crippen LogP contribution in [0.2, 0.25) is 0 Å². The van der Waals surface area contributed by atoms with Crippen molar-refractivity contribution in [1.82, 2.24) is 4.57 Å². The predicted octanol–water partition coefficient (Wildman–Crippen LogP) is 5.23. The van der Waals surface area contributed by atoms with Crippen molar-refractivity contribution in [3.63, 3.8) is 0 Å². The average Bonchev–Trinajstić information content (AvgIpc) is 2.92. The van der Waals surface area contributed by atoms with Gasteiger partial charge in [0.2, 0.25) is 0 Å². The van der Waals surface area contributed by atoms with E-state index in [1.165, 1.54) is 5.56 Å². The van der Waals surface area contributed by atoms with Crippen LogP contribution >= 0.6 is 0 Å². The van der Waals surface area contributed by atoms with Crippen molar-refractivity contribution in [2.45, 2.75) is 33.7 Å². The highest BCUT2D eigenvalue weighted by Gasteiger charge is 2.16. The zero-order valence-corrected chi connectivity index (χ0v) is 14.0. The summed E-state index contributed by atoms with van der Waals surface area (Å²) in [5.74, 6) is 0.747. The maximum absolute atomic E-state index is 12.9. The number of hydrogen-bond donors (Lipinski definition) is 0. The van der Waals surface area contributed by atoms with Gasteiger partial charge < -0.3 is 4.57 Å². The summed E-state index contributed by atoms with van der Waals surface area (Å²) in [7, 11) is 0. The van der Waals surface area contributed by atoms with Crippen molar-refractivity contribution in [2.24, 2.45) is 5.92 Å². The molecule has 0 unspecified atom stereocenters. The maximum Gasteiger partial charge on any atom is 0.195 e. The van der Waals surface area contributed by atoms with Crippen LogP contribution in [0, 0.1) is 12.8 Å². The van der Waals surface area contributed by atoms with Crippen LogP contribution in [0.15, 0.2) is 54.7 Å². The minimum Gasteiger partial charge on any atom is -0.347 e. The third-order valence-corrected chi connectivity index (χ3v) is 4.29. The van der Waals surface area contributed by atoms with Crippen molar-refractivity contribution in [2.75, 3.05) is 0 Å². The summed E-state index contributed by atoms with van der Waals surface area (Å²) < 4.78 is 2.22. The number of para-hydroxylation sites is 1. The summed E-state index contributed by atoms with van der Waals surface area (Å²) in [6.45, 7) is 7.43. The molecule has 0 N–H and O–H groups in total. The fourth-order valence-corrected chi connectivity index (χ4v) is 2.87. The van der Waals surface area contributed by atoms with Crippen LogP contribution in [0.5, 0.6) is 0 Å². The first-order valence-corrected chi connectivity index (χ1v) is 8.25. The predicted molar refractivity (Wildman–Crippen MR) is 96.0 cm³/mol. The lowest BCUT2D eigenvalue weighted by Gasteiger charge is -2.07. The summed E-state index contributed by atoms with van der Waals surface area (Å²) >= 11 is 0. The number of fused-ring (bicyclic) bond motifs is 1. The molecule has 2 heteroatoms. The van der Waals surface area contributed by atoms with E-state index in [2.05, 4.69) is 24.5 Å². The summed E-state index contributed by atoms with van der Waals surface area (Å²) in [6, 6.07) is 16.0. The lowest BCUT2D eigenvalue weighted by Crippen LogP contribution is -2.02. The van der Waals surface area contributed by atoms with Crippen molar-refractivity contribution in [3.05, 3.63) is 71.4 Å². The Morgan fingerprint density at radius 1 is 1.04 bits per heavy atom. The molecule has 1 heterocycles. The first-order chi connectivity index (χ1) is 11.1. The molecule has 23 heavy (non-hydrogen) atoms. The molecule has 0 bridgehead atoms. The Morgan fingerprint density at radius 3 is 2.43 bits per heavy atom. The molecule has 0 aliphatic carbocycles. The second-order valence-electron chi connectivity index (χ2n) is 6.63. The smallest absolute Gasteiger partial charge is 0.195 e. The number of rotatable bonds is 5. The van der Waals surface area contributed by atoms with Crippen molar-refractivity contribution >= 4 is 16.7 Å². The highest BCUT2D eigenvalue weighted by atomic mass is 16.1. The Hall–Kier alpha value is -2.35. The molecule has 0 saturated carbocycles. The fourth-order valence-electron chi connectivity index (χ4n) is 2.87. The topological polar surface area (TPSA) is 22.0 Å². The average molecular weight is 305 g/mol. The van der Waals surface area contributed by atoms with Gasteiger partial charge in [0.25, 0.3) is 0 Å². The summed E-state index contributed by atoms with van der Waals surface area (Å²) in [4.78, 5) is 12.9. The van der Waals surface area contributed by atoms with Gasteiger partial charge in [0, 0.05) is 34.8 Å². The highest BCUT2D eigenvalue weighted by molar-refractivity contribution is 6.16. The lowest BCUT2D eigenvalue weighted by atomic mass is 10.0. The number of carbonyl (C=O) groups excluding carboxylic acids is 1. The number of benzene rings is 2. The van der Waals surface area contributed by atoms with E-state index in [0.717, 1.165) is 35.0 Å². The molecule has 0 amide bonds. The van der Waals surface area contributed by atoms with Crippen LogP contribution < -0.4 is 0 Å². The van der Waals surface area contributed by atoms with E-state index in [0.29, 0.717) is 5.92 Å². The van der Waals surface area contributed by atoms with Crippen molar-refractivity contribution in [3.8, 4) is 0 Å². The maximum atomic E-state index is 12.9. The number of aromatic nitrogens is 1. The van der Waals surface area contributed by atoms with E-state index in [-0.39, 0.29) is 5.78 Å². The minimum absolute atomic E-state index is 0.101. The van der Waals surface area contributed by atoms with Crippen LogP contribution in [-0.4, -0.2) is 10.4 Å². The molecule has 1 aromatic heterocycles. The monoisotopic (exact) mass is 305 g/mol. The molecular weight excluding hydrogens is 282 g/mol. The van der Waals surface area contributed by atoms with Crippen molar-refractivity contribution in [1.29, 1.82) is 0 Å². The molecule has 0 radical (unpaired) electrons. The Balaban J connectivity index is 2.03. The van der Waals surface area contributed by atoms with Crippen LogP contribution in [0.4, 0.5) is 0 Å². The van der Waals surface area contributed by atoms with Gasteiger partial charge in [-0.3, -0.25) is 4.79 Å². The van der Waals surface area contributed by atoms with Gasteiger partial charge in [-0.25, -0.2) is 0 Å². The molecule has 0 spiro atoms. The van der Waals surface area contributed by atoms with Gasteiger partial charge in [0.15, 0.2) is 5.78 Å². The molecule has 3 rings (SSSR count). The largest absolute Gasteiger partial charge is 0.347 e. The summed E-state index contributed by atoms with van der Waals surface area (Å²) in [5.41, 5.74) is 3.86. The number of ketones is 1. The van der Waals surface area contributed by atoms with Crippen LogP contribution in [0.3, 0.4) is 0 Å². The first-order valence-electron chi connectivity index (χ1n) is 8.25. The van der Waals surface area contributed by atoms with E-state index < -0.39 is 0 Å². The molecule has 3 aromatic rings. The van der Waals surface area contributed by atoms with E-state index in [9.17, 15) is 4.79 Å². The fraction of sp³-hybridized carbons (Fsp3) is 0.286. The van der Waals surface area contributed by atoms with E-state index >= 15 is 0 Å². The third-order valence-electron chi connectivity index (χ3n) is 4.29. The number of carbonyl (C=O) groups is 1. The first kappa shape index (κ1) is 15.5. The Morgan fingerprint density at radius 2 is 1.74 bits per heavy atom. The van der Waals surface area contributed by atoms with Gasteiger partial charge in [0.1, 0.15) is 0 Å². The highest BCUT2D eigenvalue weighted by Crippen LogP contribution is 2.25. The van der Waals surface area contributed by atoms with Crippen LogP contribution in [-0.2, 0) is 6.54 Å². The third kappa shape index (κ3) is 3.21. The Bertz CT molecular complexity index is 825. The van der Waals surface area contributed by atoms with Crippen LogP contribution in [0.1, 0.15) is 41.8 Å². The van der Waals surface area contributed by atoms with E-state index in [1.54, 1.807) is 0 Å². The molecule has 0 fully saturated rings. The number of hydrogen-bond acceptors (Lipinski definition) is 1. The van der Waals surface area contributed by atoms with Gasteiger partial charge >= 0.3 is 0 Å². The molecule has 0 aliphatic rings. The SMILES string of the molecule is Cc1ccc(C(=O)c2cn(CCC(C)C)c3ccccc23)cc1. The van der Waals surface area contributed by atoms with Gasteiger partial charge in [0.05, 0.1) is 0 Å². The minimum atomic E-state index is 0.101. The Labute approximate surface area is 137 Å². The van der Waals surface area contributed by atoms with E-state index in [4.69, 9.17) is 0 Å². The molecular formula is C21H23NO. The summed E-state index contributed by atoms with van der Waals surface area (Å²) in [5, 5.41) is 1.04. The second-order valence-corrected chi connectivity index (χ2v) is 6.63. The quantitative estimate of drug-likeness (QED) is 0.592. The van der Waals surface area contributed by atoms with E-state index in [1.807, 2.05) is 55.6 Å². The molecule has 118 valence electrons. The normalized spacial score (nSPS) is 11.3. The number of aryl methyl sites for hydroxylation is 2. The second kappa shape index (κ2) is 6.41. The Kier molecular flexibility index (Phi) is 4.33. The molecule has 0 aliphatic heterocycles. The van der Waals surface area contributed by atoms with Crippen molar-refractivity contribution < 1.29 is 4.79 Å². The lowest BCUT2D eigenvalue weighted by molar-refractivity contribution is 0.104. The zero-order valence-electron chi connectivity index (χ0n) is 14.0. The van der Waals surface area contributed by atoms with Crippen LogP contribution in [0.25, 0.3) is 10.9 Å². The molecule has 0 saturated heterocycles. The zero-order chi connectivity index (χ0) is 16.4. The van der Waals surface area contributed by atoms with Gasteiger partial charge in [-0.15, -0.1) is 0 Å². The van der Waals surface area contributed by atoms with Gasteiger partial charge in [-0.2, -0.15) is 0 Å². The van der Waals surface area contributed by atoms with Gasteiger partial charge in [-0.1, -0.05) is 61.9 Å². The standard InChI is InChI=1S/C21H23NO/c1-15(2)12-13-22-14-19(18-6-4-5-7-20(18)22)21(23)17-10-8-16(3)9-11-17/h4-11,14-15H,12-13H2,1-3H3. The molecule has 2 aromatic carbocycles. The summed E-state index contributed by atoms with van der Waals surface area (Å²) in [6.07, 6.45) is 3.13. The van der Waals surface area contributed by atoms with Gasteiger partial charge in [-0.05, 0) is 25.3 Å². The molecule has 0 atom stereocenters.